The van der Waals surface area contributed by atoms with E-state index in [2.05, 4.69) is 0 Å². The van der Waals surface area contributed by atoms with Gasteiger partial charge in [-0.05, 0) is 13.8 Å². The summed E-state index contributed by atoms with van der Waals surface area (Å²) in [6.07, 6.45) is -0.523. The van der Waals surface area contributed by atoms with Crippen molar-refractivity contribution in [2.45, 2.75) is 32.4 Å². The first-order valence-corrected chi connectivity index (χ1v) is 7.61. The van der Waals surface area contributed by atoms with Gasteiger partial charge in [-0.2, -0.15) is 0 Å². The number of aliphatic hydroxyl groups excluding tert-OH is 1. The molecule has 0 bridgehead atoms. The maximum absolute atomic E-state index is 11.9. The molecule has 2 heterocycles. The van der Waals surface area contributed by atoms with Gasteiger partial charge in [0.25, 0.3) is 0 Å². The average molecular weight is 337 g/mol. The number of nitrogens with zero attached hydrogens (tertiary/aromatic N) is 1. The second-order valence-corrected chi connectivity index (χ2v) is 5.97. The first-order valence-electron chi connectivity index (χ1n) is 6.62. The van der Waals surface area contributed by atoms with Gasteiger partial charge in [0.1, 0.15) is 0 Å². The third-order valence-electron chi connectivity index (χ3n) is 3.55. The molecule has 1 amide bonds. The minimum Gasteiger partial charge on any atom is -0.543 e. The minimum atomic E-state index is -1.44. The van der Waals surface area contributed by atoms with Gasteiger partial charge >= 0.3 is 35.5 Å². The van der Waals surface area contributed by atoms with Crippen LogP contribution < -0.4 is 34.7 Å². The first kappa shape index (κ1) is 19.5. The van der Waals surface area contributed by atoms with Crippen molar-refractivity contribution in [1.82, 2.24) is 4.90 Å². The van der Waals surface area contributed by atoms with Crippen LogP contribution in [-0.2, 0) is 19.1 Å². The van der Waals surface area contributed by atoms with E-state index in [0.717, 1.165) is 16.7 Å². The van der Waals surface area contributed by atoms with Gasteiger partial charge < -0.3 is 24.6 Å². The van der Waals surface area contributed by atoms with Crippen molar-refractivity contribution < 1.29 is 58.9 Å². The molecule has 0 aromatic heterocycles. The summed E-state index contributed by atoms with van der Waals surface area (Å²) in [7, 11) is 0. The molecule has 2 aliphatic heterocycles. The Labute approximate surface area is 154 Å². The second-order valence-electron chi connectivity index (χ2n) is 4.90. The number of aliphatic carboxylic acids is 1. The van der Waals surface area contributed by atoms with Crippen LogP contribution in [0.4, 0.5) is 0 Å². The van der Waals surface area contributed by atoms with Crippen molar-refractivity contribution in [3.05, 3.63) is 10.6 Å². The van der Waals surface area contributed by atoms with Crippen molar-refractivity contribution in [1.29, 1.82) is 0 Å². The van der Waals surface area contributed by atoms with E-state index >= 15 is 0 Å². The van der Waals surface area contributed by atoms with Gasteiger partial charge in [0.05, 0.1) is 42.1 Å². The van der Waals surface area contributed by atoms with Crippen molar-refractivity contribution in [2.24, 2.45) is 5.92 Å². The minimum absolute atomic E-state index is 0. The normalized spacial score (nSPS) is 24.3. The van der Waals surface area contributed by atoms with Crippen LogP contribution in [0.15, 0.2) is 10.6 Å². The number of carbonyl (C=O) groups is 3. The Morgan fingerprint density at radius 1 is 1.55 bits per heavy atom. The van der Waals surface area contributed by atoms with Gasteiger partial charge in [0, 0.05) is 11.3 Å². The summed E-state index contributed by atoms with van der Waals surface area (Å²) in [6.45, 7) is 3.44. The largest absolute Gasteiger partial charge is 1.00 e. The molecule has 0 aromatic carbocycles. The summed E-state index contributed by atoms with van der Waals surface area (Å²) in [5.41, 5.74) is -0.184. The van der Waals surface area contributed by atoms with Crippen molar-refractivity contribution >= 4 is 29.6 Å². The number of esters is 1. The number of carboxylic acid groups (broad SMARTS) is 1. The number of hydrogen-bond acceptors (Lipinski definition) is 7. The number of amides is 1. The van der Waals surface area contributed by atoms with E-state index in [-0.39, 0.29) is 53.7 Å². The monoisotopic (exact) mass is 337 g/mol. The number of hydrogen-bond donors (Lipinski definition) is 1. The van der Waals surface area contributed by atoms with Crippen molar-refractivity contribution in [3.63, 3.8) is 0 Å². The zero-order chi connectivity index (χ0) is 15.7. The summed E-state index contributed by atoms with van der Waals surface area (Å²) in [5, 5.41) is 20.8. The summed E-state index contributed by atoms with van der Waals surface area (Å²) in [6, 6.07) is -0.366. The first-order chi connectivity index (χ1) is 9.88. The predicted octanol–water partition coefficient (Wildman–Crippen LogP) is -4.14. The molecule has 0 saturated carbocycles. The number of rotatable bonds is 6. The van der Waals surface area contributed by atoms with Crippen LogP contribution >= 0.6 is 11.8 Å². The summed E-state index contributed by atoms with van der Waals surface area (Å²) in [4.78, 5) is 36.1. The van der Waals surface area contributed by atoms with Crippen LogP contribution in [0.2, 0.25) is 0 Å². The number of thioether (sulfide) groups is 1. The van der Waals surface area contributed by atoms with E-state index in [1.807, 2.05) is 0 Å². The number of β-lactam (4-membered cyclic amide) rings is 1. The molecule has 0 radical (unpaired) electrons. The number of carbonyl (C=O) groups excluding carboxylic acids is 3. The molecule has 0 unspecified atom stereocenters. The molecular weight excluding hydrogens is 321 g/mol. The third-order valence-corrected chi connectivity index (χ3v) is 4.64. The van der Waals surface area contributed by atoms with Gasteiger partial charge in [-0.15, -0.1) is 11.8 Å². The molecule has 3 atom stereocenters. The Morgan fingerprint density at radius 2 is 2.18 bits per heavy atom. The Kier molecular flexibility index (Phi) is 6.94. The van der Waals surface area contributed by atoms with Gasteiger partial charge in [-0.1, -0.05) is 0 Å². The van der Waals surface area contributed by atoms with Crippen LogP contribution in [0.5, 0.6) is 0 Å². The molecule has 0 aromatic rings. The van der Waals surface area contributed by atoms with E-state index in [0.29, 0.717) is 11.3 Å². The molecule has 1 saturated heterocycles. The summed E-state index contributed by atoms with van der Waals surface area (Å²) in [5.74, 6) is -2.92. The number of fused-ring (bicyclic) bond motifs is 1. The van der Waals surface area contributed by atoms with Crippen LogP contribution in [-0.4, -0.2) is 52.4 Å². The van der Waals surface area contributed by atoms with Gasteiger partial charge in [-0.3, -0.25) is 9.59 Å². The summed E-state index contributed by atoms with van der Waals surface area (Å²) < 4.78 is 4.78. The Morgan fingerprint density at radius 3 is 2.68 bits per heavy atom. The third kappa shape index (κ3) is 3.51. The van der Waals surface area contributed by atoms with Crippen molar-refractivity contribution in [2.75, 3.05) is 12.4 Å². The Bertz CT molecular complexity index is 521. The smallest absolute Gasteiger partial charge is 0.543 e. The number of aliphatic hydroxyl groups is 1. The molecule has 1 N–H and O–H groups in total. The van der Waals surface area contributed by atoms with Crippen LogP contribution in [0, 0.1) is 5.92 Å². The molecule has 9 heteroatoms. The fourth-order valence-electron chi connectivity index (χ4n) is 2.70. The van der Waals surface area contributed by atoms with E-state index in [1.54, 1.807) is 6.92 Å². The predicted molar refractivity (Wildman–Crippen MR) is 71.5 cm³/mol. The zero-order valence-electron chi connectivity index (χ0n) is 12.7. The van der Waals surface area contributed by atoms with Crippen LogP contribution in [0.1, 0.15) is 20.3 Å². The maximum Gasteiger partial charge on any atom is 1.00 e. The molecular formula is C13H16NNaO6S. The van der Waals surface area contributed by atoms with E-state index in [1.165, 1.54) is 6.92 Å². The molecule has 22 heavy (non-hydrogen) atoms. The zero-order valence-corrected chi connectivity index (χ0v) is 15.5. The number of ether oxygens (including phenoxy) is 1. The fraction of sp³-hybridized carbons (Fsp3) is 0.615. The fourth-order valence-corrected chi connectivity index (χ4v) is 3.68. The molecule has 0 spiro atoms. The second kappa shape index (κ2) is 7.83. The van der Waals surface area contributed by atoms with Crippen LogP contribution in [0.3, 0.4) is 0 Å². The SMILES string of the molecule is CCOC(=O)CSC1=C(C(=O)[O-])N2C(=O)[C@H]([C@@H](C)O)[C@H]2C1.[Na+]. The molecule has 1 fully saturated rings. The molecule has 2 rings (SSSR count). The molecule has 116 valence electrons. The maximum atomic E-state index is 11.9. The summed E-state index contributed by atoms with van der Waals surface area (Å²) >= 11 is 1.04. The average Bonchev–Trinajstić information content (AvgIpc) is 2.70. The molecule has 2 aliphatic rings. The van der Waals surface area contributed by atoms with Gasteiger partial charge in [0.2, 0.25) is 5.91 Å². The standard InChI is InChI=1S/C13H17NO6S.Na/c1-3-20-9(16)5-21-8-4-7-10(6(2)15)12(17)14(7)11(8)13(18)19;/h6-7,10,15H,3-5H2,1-2H3,(H,18,19);/q;+1/p-1/t6-,7-,10-;/m1./s1. The Hall–Kier alpha value is -0.540. The van der Waals surface area contributed by atoms with E-state index < -0.39 is 29.9 Å². The Balaban J connectivity index is 0.00000242. The van der Waals surface area contributed by atoms with Gasteiger partial charge in [0.15, 0.2) is 0 Å². The quantitative estimate of drug-likeness (QED) is 0.298. The van der Waals surface area contributed by atoms with E-state index in [4.69, 9.17) is 4.74 Å². The van der Waals surface area contributed by atoms with Gasteiger partial charge in [-0.25, -0.2) is 0 Å². The van der Waals surface area contributed by atoms with Crippen molar-refractivity contribution in [3.8, 4) is 0 Å². The van der Waals surface area contributed by atoms with Crippen LogP contribution in [0.25, 0.3) is 0 Å². The number of carboxylic acids is 1. The molecule has 0 aliphatic carbocycles. The molecule has 7 nitrogen and oxygen atoms in total. The topological polar surface area (TPSA) is 107 Å². The van der Waals surface area contributed by atoms with E-state index in [9.17, 15) is 24.6 Å².